The molecule has 7 heteroatoms. The van der Waals surface area contributed by atoms with Crippen LogP contribution in [0.25, 0.3) is 11.0 Å². The minimum absolute atomic E-state index is 0.456. The van der Waals surface area contributed by atoms with Crippen LogP contribution in [0.3, 0.4) is 0 Å². The van der Waals surface area contributed by atoms with Crippen LogP contribution in [-0.2, 0) is 6.54 Å². The first kappa shape index (κ1) is 14.0. The van der Waals surface area contributed by atoms with Crippen LogP contribution in [0.4, 0.5) is 0 Å². The van der Waals surface area contributed by atoms with Gasteiger partial charge in [-0.3, -0.25) is 0 Å². The van der Waals surface area contributed by atoms with E-state index >= 15 is 0 Å². The van der Waals surface area contributed by atoms with E-state index in [1.165, 1.54) is 12.8 Å². The average Bonchev–Trinajstić information content (AvgIpc) is 3.24. The molecule has 0 amide bonds. The third-order valence-corrected chi connectivity index (χ3v) is 4.62. The number of fused-ring (bicyclic) bond motifs is 1. The van der Waals surface area contributed by atoms with Gasteiger partial charge in [0.1, 0.15) is 10.5 Å². The number of ether oxygens (including phenoxy) is 1. The first-order valence-corrected chi connectivity index (χ1v) is 8.19. The van der Waals surface area contributed by atoms with Crippen LogP contribution >= 0.6 is 27.5 Å². The highest BCUT2D eigenvalue weighted by Crippen LogP contribution is 2.37. The molecular weight excluding hydrogens is 368 g/mol. The molecule has 0 radical (unpaired) electrons. The second-order valence-electron chi connectivity index (χ2n) is 5.35. The van der Waals surface area contributed by atoms with Gasteiger partial charge < -0.3 is 4.74 Å². The molecule has 0 unspecified atom stereocenters. The first-order chi connectivity index (χ1) is 10.7. The SMILES string of the molecule is Clc1c(Oc2ncccc2Br)ccc2c1nnn2CC1CC1. The molecule has 0 spiro atoms. The van der Waals surface area contributed by atoms with Gasteiger partial charge in [-0.1, -0.05) is 16.8 Å². The standard InChI is InChI=1S/C15H12BrClN4O/c16-10-2-1-7-18-15(10)22-12-6-5-11-14(13(12)17)19-20-21(11)8-9-3-4-9/h1-2,5-7,9H,3-4,8H2. The van der Waals surface area contributed by atoms with Crippen LogP contribution in [0.5, 0.6) is 11.6 Å². The molecule has 0 N–H and O–H groups in total. The summed E-state index contributed by atoms with van der Waals surface area (Å²) in [5, 5.41) is 8.85. The number of halogens is 2. The number of pyridine rings is 1. The van der Waals surface area contributed by atoms with Crippen molar-refractivity contribution in [1.82, 2.24) is 20.0 Å². The summed E-state index contributed by atoms with van der Waals surface area (Å²) in [6.45, 7) is 0.902. The Bertz CT molecular complexity index is 847. The third kappa shape index (κ3) is 2.57. The van der Waals surface area contributed by atoms with Gasteiger partial charge in [0.2, 0.25) is 5.88 Å². The Morgan fingerprint density at radius 1 is 1.32 bits per heavy atom. The molecule has 0 saturated heterocycles. The maximum Gasteiger partial charge on any atom is 0.233 e. The molecule has 1 aliphatic rings. The maximum absolute atomic E-state index is 6.43. The average molecular weight is 380 g/mol. The summed E-state index contributed by atoms with van der Waals surface area (Å²) in [6.07, 6.45) is 4.20. The summed E-state index contributed by atoms with van der Waals surface area (Å²) in [7, 11) is 0. The number of hydrogen-bond acceptors (Lipinski definition) is 4. The highest BCUT2D eigenvalue weighted by Gasteiger charge is 2.24. The monoisotopic (exact) mass is 378 g/mol. The zero-order valence-corrected chi connectivity index (χ0v) is 13.9. The van der Waals surface area contributed by atoms with Crippen molar-refractivity contribution >= 4 is 38.6 Å². The van der Waals surface area contributed by atoms with Crippen molar-refractivity contribution in [2.45, 2.75) is 19.4 Å². The number of nitrogens with zero attached hydrogens (tertiary/aromatic N) is 4. The van der Waals surface area contributed by atoms with Crippen molar-refractivity contribution in [2.24, 2.45) is 5.92 Å². The minimum atomic E-state index is 0.456. The molecule has 0 bridgehead atoms. The molecule has 4 rings (SSSR count). The quantitative estimate of drug-likeness (QED) is 0.672. The van der Waals surface area contributed by atoms with E-state index in [1.807, 2.05) is 28.9 Å². The number of benzene rings is 1. The molecule has 3 aromatic rings. The van der Waals surface area contributed by atoms with Crippen molar-refractivity contribution in [3.05, 3.63) is 40.0 Å². The Morgan fingerprint density at radius 2 is 2.18 bits per heavy atom. The molecule has 22 heavy (non-hydrogen) atoms. The summed E-state index contributed by atoms with van der Waals surface area (Å²) in [4.78, 5) is 4.18. The summed E-state index contributed by atoms with van der Waals surface area (Å²) >= 11 is 9.83. The van der Waals surface area contributed by atoms with Crippen LogP contribution in [0.2, 0.25) is 5.02 Å². The van der Waals surface area contributed by atoms with Crippen LogP contribution in [0.1, 0.15) is 12.8 Å². The van der Waals surface area contributed by atoms with Crippen molar-refractivity contribution in [1.29, 1.82) is 0 Å². The molecule has 1 aromatic carbocycles. The van der Waals surface area contributed by atoms with E-state index in [0.717, 1.165) is 22.5 Å². The lowest BCUT2D eigenvalue weighted by atomic mass is 10.3. The lowest BCUT2D eigenvalue weighted by Gasteiger charge is -2.08. The Labute approximate surface area is 140 Å². The zero-order chi connectivity index (χ0) is 15.1. The fourth-order valence-electron chi connectivity index (χ4n) is 2.30. The van der Waals surface area contributed by atoms with E-state index in [-0.39, 0.29) is 0 Å². The Hall–Kier alpha value is -1.66. The number of aromatic nitrogens is 4. The molecule has 5 nitrogen and oxygen atoms in total. The van der Waals surface area contributed by atoms with E-state index in [2.05, 4.69) is 31.2 Å². The molecule has 0 atom stereocenters. The number of rotatable bonds is 4. The minimum Gasteiger partial charge on any atom is -0.436 e. The fourth-order valence-corrected chi connectivity index (χ4v) is 2.87. The highest BCUT2D eigenvalue weighted by atomic mass is 79.9. The molecule has 1 fully saturated rings. The van der Waals surface area contributed by atoms with Crippen molar-refractivity contribution < 1.29 is 4.74 Å². The molecule has 2 aromatic heterocycles. The molecule has 1 aliphatic carbocycles. The van der Waals surface area contributed by atoms with Crippen LogP contribution in [-0.4, -0.2) is 20.0 Å². The Balaban J connectivity index is 1.70. The molecule has 2 heterocycles. The fraction of sp³-hybridized carbons (Fsp3) is 0.267. The van der Waals surface area contributed by atoms with Crippen LogP contribution in [0.15, 0.2) is 34.9 Å². The molecule has 0 aliphatic heterocycles. The zero-order valence-electron chi connectivity index (χ0n) is 11.5. The molecule has 1 saturated carbocycles. The van der Waals surface area contributed by atoms with Gasteiger partial charge in [0, 0.05) is 12.7 Å². The topological polar surface area (TPSA) is 52.8 Å². The summed E-state index contributed by atoms with van der Waals surface area (Å²) in [5.74, 6) is 1.71. The van der Waals surface area contributed by atoms with E-state index in [4.69, 9.17) is 16.3 Å². The van der Waals surface area contributed by atoms with E-state index in [0.29, 0.717) is 22.2 Å². The first-order valence-electron chi connectivity index (χ1n) is 7.02. The van der Waals surface area contributed by atoms with Gasteiger partial charge in [-0.05, 0) is 59.0 Å². The second-order valence-corrected chi connectivity index (χ2v) is 6.59. The highest BCUT2D eigenvalue weighted by molar-refractivity contribution is 9.10. The van der Waals surface area contributed by atoms with Gasteiger partial charge in [0.05, 0.1) is 9.99 Å². The molecule has 112 valence electrons. The summed E-state index contributed by atoms with van der Waals surface area (Å²) < 4.78 is 8.47. The van der Waals surface area contributed by atoms with Gasteiger partial charge in [0.25, 0.3) is 0 Å². The van der Waals surface area contributed by atoms with E-state index < -0.39 is 0 Å². The normalized spacial score (nSPS) is 14.5. The smallest absolute Gasteiger partial charge is 0.233 e. The molecular formula is C15H12BrClN4O. The lowest BCUT2D eigenvalue weighted by Crippen LogP contribution is -2.01. The van der Waals surface area contributed by atoms with Gasteiger partial charge in [-0.15, -0.1) is 5.10 Å². The Kier molecular flexibility index (Phi) is 3.50. The van der Waals surface area contributed by atoms with Gasteiger partial charge in [-0.2, -0.15) is 0 Å². The predicted molar refractivity (Wildman–Crippen MR) is 87.3 cm³/mol. The van der Waals surface area contributed by atoms with Gasteiger partial charge >= 0.3 is 0 Å². The van der Waals surface area contributed by atoms with Crippen molar-refractivity contribution in [2.75, 3.05) is 0 Å². The van der Waals surface area contributed by atoms with Crippen molar-refractivity contribution in [3.8, 4) is 11.6 Å². The van der Waals surface area contributed by atoms with Crippen LogP contribution in [0, 0.1) is 5.92 Å². The maximum atomic E-state index is 6.43. The van der Waals surface area contributed by atoms with Crippen LogP contribution < -0.4 is 4.74 Å². The summed E-state index contributed by atoms with van der Waals surface area (Å²) in [6, 6.07) is 7.46. The largest absolute Gasteiger partial charge is 0.436 e. The number of hydrogen-bond donors (Lipinski definition) is 0. The van der Waals surface area contributed by atoms with Gasteiger partial charge in [-0.25, -0.2) is 9.67 Å². The Morgan fingerprint density at radius 3 is 2.95 bits per heavy atom. The lowest BCUT2D eigenvalue weighted by molar-refractivity contribution is 0.460. The second kappa shape index (κ2) is 5.52. The summed E-state index contributed by atoms with van der Waals surface area (Å²) in [5.41, 5.74) is 1.59. The van der Waals surface area contributed by atoms with Crippen molar-refractivity contribution in [3.63, 3.8) is 0 Å². The van der Waals surface area contributed by atoms with E-state index in [1.54, 1.807) is 6.20 Å². The van der Waals surface area contributed by atoms with Gasteiger partial charge in [0.15, 0.2) is 5.75 Å². The van der Waals surface area contributed by atoms with E-state index in [9.17, 15) is 0 Å². The third-order valence-electron chi connectivity index (χ3n) is 3.65. The predicted octanol–water partition coefficient (Wildman–Crippen LogP) is 4.44.